The highest BCUT2D eigenvalue weighted by atomic mass is 16.2. The van der Waals surface area contributed by atoms with E-state index < -0.39 is 18.1 Å². The second kappa shape index (κ2) is 19.3. The van der Waals surface area contributed by atoms with Gasteiger partial charge in [-0.3, -0.25) is 14.4 Å². The van der Waals surface area contributed by atoms with Gasteiger partial charge in [-0.25, -0.2) is 0 Å². The van der Waals surface area contributed by atoms with Crippen molar-refractivity contribution in [3.05, 3.63) is 0 Å². The molecule has 0 aromatic rings. The molecular formula is C24H46N6O4. The molecule has 34 heavy (non-hydrogen) atoms. The molecule has 1 saturated heterocycles. The van der Waals surface area contributed by atoms with Crippen molar-refractivity contribution in [2.24, 2.45) is 11.5 Å². The van der Waals surface area contributed by atoms with Crippen molar-refractivity contribution >= 4 is 24.0 Å². The van der Waals surface area contributed by atoms with Crippen LogP contribution in [0.1, 0.15) is 83.5 Å². The highest BCUT2D eigenvalue weighted by Crippen LogP contribution is 2.07. The van der Waals surface area contributed by atoms with E-state index in [2.05, 4.69) is 21.3 Å². The van der Waals surface area contributed by atoms with Gasteiger partial charge in [0.05, 0.1) is 12.1 Å². The van der Waals surface area contributed by atoms with E-state index in [1.54, 1.807) is 0 Å². The Labute approximate surface area is 204 Å². The van der Waals surface area contributed by atoms with Gasteiger partial charge in [-0.15, -0.1) is 0 Å². The molecule has 1 rings (SSSR count). The Bertz CT molecular complexity index is 604. The zero-order chi connectivity index (χ0) is 25.0. The lowest BCUT2D eigenvalue weighted by atomic mass is 10.0. The van der Waals surface area contributed by atoms with Crippen molar-refractivity contribution in [2.45, 2.75) is 102 Å². The van der Waals surface area contributed by atoms with Crippen LogP contribution in [0.2, 0.25) is 0 Å². The minimum atomic E-state index is -0.748. The third-order valence-corrected chi connectivity index (χ3v) is 6.07. The third kappa shape index (κ3) is 13.6. The van der Waals surface area contributed by atoms with E-state index in [1.165, 1.54) is 0 Å². The molecule has 3 atom stereocenters. The number of aldehydes is 1. The first-order valence-corrected chi connectivity index (χ1v) is 13.0. The number of hydrogen-bond acceptors (Lipinski definition) is 7. The molecule has 0 saturated carbocycles. The third-order valence-electron chi connectivity index (χ3n) is 6.07. The van der Waals surface area contributed by atoms with Gasteiger partial charge in [-0.1, -0.05) is 19.3 Å². The van der Waals surface area contributed by atoms with Crippen LogP contribution < -0.4 is 32.7 Å². The van der Waals surface area contributed by atoms with Gasteiger partial charge >= 0.3 is 0 Å². The summed E-state index contributed by atoms with van der Waals surface area (Å²) < 4.78 is 0. The Hall–Kier alpha value is -2.04. The predicted octanol–water partition coefficient (Wildman–Crippen LogP) is 0.232. The van der Waals surface area contributed by atoms with Crippen LogP contribution in [0.3, 0.4) is 0 Å². The smallest absolute Gasteiger partial charge is 0.243 e. The Morgan fingerprint density at radius 3 is 2.18 bits per heavy atom. The number of nitrogens with one attached hydrogen (secondary N) is 4. The molecule has 0 unspecified atom stereocenters. The summed E-state index contributed by atoms with van der Waals surface area (Å²) in [5.41, 5.74) is 11.2. The largest absolute Gasteiger partial charge is 0.356 e. The first-order chi connectivity index (χ1) is 16.5. The molecule has 8 N–H and O–H groups in total. The molecule has 0 aromatic carbocycles. The minimum Gasteiger partial charge on any atom is -0.356 e. The van der Waals surface area contributed by atoms with Crippen LogP contribution in [0, 0.1) is 0 Å². The number of hydrogen-bond donors (Lipinski definition) is 6. The van der Waals surface area contributed by atoms with Gasteiger partial charge in [0.25, 0.3) is 0 Å². The van der Waals surface area contributed by atoms with E-state index in [9.17, 15) is 19.2 Å². The quantitative estimate of drug-likeness (QED) is 0.212. The van der Waals surface area contributed by atoms with Crippen molar-refractivity contribution in [2.75, 3.05) is 26.2 Å². The Balaban J connectivity index is 2.87. The Morgan fingerprint density at radius 1 is 0.765 bits per heavy atom. The fourth-order valence-corrected chi connectivity index (χ4v) is 3.99. The summed E-state index contributed by atoms with van der Waals surface area (Å²) >= 11 is 0. The first kappa shape index (κ1) is 30.0. The molecular weight excluding hydrogens is 436 g/mol. The number of nitrogens with two attached hydrogens (primary N) is 2. The lowest BCUT2D eigenvalue weighted by Gasteiger charge is -2.24. The molecule has 0 aliphatic carbocycles. The van der Waals surface area contributed by atoms with E-state index >= 15 is 0 Å². The average molecular weight is 483 g/mol. The van der Waals surface area contributed by atoms with Gasteiger partial charge in [-0.2, -0.15) is 0 Å². The van der Waals surface area contributed by atoms with Crippen molar-refractivity contribution in [1.29, 1.82) is 0 Å². The highest BCUT2D eigenvalue weighted by molar-refractivity contribution is 5.90. The maximum absolute atomic E-state index is 13.1. The van der Waals surface area contributed by atoms with Gasteiger partial charge in [-0.05, 0) is 77.4 Å². The van der Waals surface area contributed by atoms with Crippen LogP contribution in [0.4, 0.5) is 0 Å². The number of carbonyl (C=O) groups excluding carboxylic acids is 4. The molecule has 1 fully saturated rings. The van der Waals surface area contributed by atoms with Gasteiger partial charge in [0, 0.05) is 13.0 Å². The molecule has 196 valence electrons. The molecule has 1 aliphatic rings. The highest BCUT2D eigenvalue weighted by Gasteiger charge is 2.26. The van der Waals surface area contributed by atoms with Crippen LogP contribution in [-0.4, -0.2) is 68.3 Å². The normalized spacial score (nSPS) is 25.0. The van der Waals surface area contributed by atoms with E-state index in [0.717, 1.165) is 51.2 Å². The van der Waals surface area contributed by atoms with Crippen molar-refractivity contribution in [3.8, 4) is 0 Å². The first-order valence-electron chi connectivity index (χ1n) is 13.0. The van der Waals surface area contributed by atoms with Crippen LogP contribution in [0.15, 0.2) is 0 Å². The van der Waals surface area contributed by atoms with Crippen molar-refractivity contribution in [3.63, 3.8) is 0 Å². The summed E-state index contributed by atoms with van der Waals surface area (Å²) in [6.07, 6.45) is 10.1. The number of unbranched alkanes of at least 4 members (excludes halogenated alkanes) is 1. The fourth-order valence-electron chi connectivity index (χ4n) is 3.99. The number of amides is 3. The topological polar surface area (TPSA) is 168 Å². The summed E-state index contributed by atoms with van der Waals surface area (Å²) in [5.74, 6) is -0.544. The van der Waals surface area contributed by atoms with Crippen LogP contribution in [0.5, 0.6) is 0 Å². The van der Waals surface area contributed by atoms with E-state index in [1.807, 2.05) is 0 Å². The van der Waals surface area contributed by atoms with Gasteiger partial charge in [0.15, 0.2) is 0 Å². The molecule has 0 aromatic heterocycles. The Morgan fingerprint density at radius 2 is 1.44 bits per heavy atom. The lowest BCUT2D eigenvalue weighted by molar-refractivity contribution is -0.131. The molecule has 10 nitrogen and oxygen atoms in total. The second-order valence-electron chi connectivity index (χ2n) is 9.04. The van der Waals surface area contributed by atoms with Gasteiger partial charge < -0.3 is 37.5 Å². The van der Waals surface area contributed by atoms with Crippen LogP contribution in [-0.2, 0) is 19.2 Å². The zero-order valence-corrected chi connectivity index (χ0v) is 20.6. The summed E-state index contributed by atoms with van der Waals surface area (Å²) in [7, 11) is 0. The van der Waals surface area contributed by atoms with E-state index in [0.29, 0.717) is 64.7 Å². The molecule has 3 amide bonds. The lowest BCUT2D eigenvalue weighted by Crippen LogP contribution is -2.54. The van der Waals surface area contributed by atoms with Crippen molar-refractivity contribution < 1.29 is 19.2 Å². The van der Waals surface area contributed by atoms with E-state index in [-0.39, 0.29) is 17.7 Å². The fraction of sp³-hybridized carbons (Fsp3) is 0.833. The van der Waals surface area contributed by atoms with Crippen LogP contribution in [0.25, 0.3) is 0 Å². The monoisotopic (exact) mass is 482 g/mol. The second-order valence-corrected chi connectivity index (χ2v) is 9.04. The maximum Gasteiger partial charge on any atom is 0.243 e. The average Bonchev–Trinajstić information content (AvgIpc) is 2.83. The zero-order valence-electron chi connectivity index (χ0n) is 20.6. The van der Waals surface area contributed by atoms with Gasteiger partial charge in [0.2, 0.25) is 17.7 Å². The van der Waals surface area contributed by atoms with Crippen molar-refractivity contribution in [1.82, 2.24) is 21.3 Å². The molecule has 1 heterocycles. The summed E-state index contributed by atoms with van der Waals surface area (Å²) in [5, 5.41) is 11.9. The van der Waals surface area contributed by atoms with E-state index in [4.69, 9.17) is 11.5 Å². The molecule has 0 bridgehead atoms. The van der Waals surface area contributed by atoms with Crippen LogP contribution >= 0.6 is 0 Å². The molecule has 0 radical (unpaired) electrons. The minimum absolute atomic E-state index is 0.0483. The Kier molecular flexibility index (Phi) is 17.0. The number of carbonyl (C=O) groups is 4. The summed E-state index contributed by atoms with van der Waals surface area (Å²) in [6.45, 7) is 2.21. The summed E-state index contributed by atoms with van der Waals surface area (Å²) in [6, 6.07) is -1.80. The molecule has 10 heteroatoms. The maximum atomic E-state index is 13.1. The molecule has 0 spiro atoms. The van der Waals surface area contributed by atoms with Gasteiger partial charge in [0.1, 0.15) is 12.3 Å². The SMILES string of the molecule is NCCCC[C@@H]1NCCCCCCC(=O)NCCCC[C@@H](C=O)NC(=O)[C@H](CCCN)NC1=O. The summed E-state index contributed by atoms with van der Waals surface area (Å²) in [4.78, 5) is 49.4. The standard InChI is InChI=1S/C24H46N6O4/c25-14-6-4-11-20-23(33)30-21(12-9-15-26)24(34)29-19(18-31)10-5-8-17-28-22(32)13-3-1-2-7-16-27-20/h18-21,27H,1-17,25-26H2,(H,28,32)(H,29,34)(H,30,33)/t19-,20-,21-/m0/s1. The molecule has 1 aliphatic heterocycles. The predicted molar refractivity (Wildman–Crippen MR) is 133 cm³/mol. The number of rotatable bonds is 8.